The van der Waals surface area contributed by atoms with Crippen molar-refractivity contribution >= 4 is 5.97 Å². The van der Waals surface area contributed by atoms with Gasteiger partial charge in [0.1, 0.15) is 5.41 Å². The first-order valence-corrected chi connectivity index (χ1v) is 14.0. The van der Waals surface area contributed by atoms with Crippen molar-refractivity contribution in [3.63, 3.8) is 0 Å². The number of aliphatic hydroxyl groups is 3. The number of rotatable bonds is 2. The number of aliphatic hydroxyl groups excluding tert-OH is 3. The highest BCUT2D eigenvalue weighted by atomic mass is 16.4. The Labute approximate surface area is 211 Å². The van der Waals surface area contributed by atoms with Crippen molar-refractivity contribution in [1.29, 1.82) is 0 Å². The number of carbonyl (C=O) groups is 1. The third kappa shape index (κ3) is 3.01. The molecule has 5 heteroatoms. The minimum absolute atomic E-state index is 0.00707. The molecule has 4 saturated carbocycles. The van der Waals surface area contributed by atoms with E-state index in [4.69, 9.17) is 0 Å². The molecule has 5 rings (SSSR count). The molecule has 5 aliphatic carbocycles. The van der Waals surface area contributed by atoms with E-state index in [-0.39, 0.29) is 40.1 Å². The predicted molar refractivity (Wildman–Crippen MR) is 135 cm³/mol. The van der Waals surface area contributed by atoms with Crippen LogP contribution in [0.2, 0.25) is 0 Å². The molecule has 0 aromatic rings. The number of hydrogen-bond acceptors (Lipinski definition) is 4. The van der Waals surface area contributed by atoms with Gasteiger partial charge in [0.25, 0.3) is 0 Å². The second-order valence-corrected chi connectivity index (χ2v) is 15.0. The molecule has 0 aliphatic heterocycles. The normalized spacial score (nSPS) is 55.0. The third-order valence-corrected chi connectivity index (χ3v) is 13.2. The van der Waals surface area contributed by atoms with Crippen LogP contribution in [-0.4, -0.2) is 45.2 Å². The molecule has 10 atom stereocenters. The van der Waals surface area contributed by atoms with Crippen molar-refractivity contribution in [2.75, 3.05) is 6.61 Å². The smallest absolute Gasteiger partial charge is 0.312 e. The average molecular weight is 489 g/mol. The van der Waals surface area contributed by atoms with Crippen LogP contribution in [0.4, 0.5) is 0 Å². The highest BCUT2D eigenvalue weighted by Crippen LogP contribution is 2.75. The van der Waals surface area contributed by atoms with Crippen LogP contribution in [0.3, 0.4) is 0 Å². The van der Waals surface area contributed by atoms with Gasteiger partial charge in [-0.05, 0) is 97.2 Å². The summed E-state index contributed by atoms with van der Waals surface area (Å²) in [6, 6.07) is 0. The van der Waals surface area contributed by atoms with Crippen LogP contribution in [0.25, 0.3) is 0 Å². The Morgan fingerprint density at radius 3 is 2.23 bits per heavy atom. The molecule has 10 unspecified atom stereocenters. The quantitative estimate of drug-likeness (QED) is 0.402. The van der Waals surface area contributed by atoms with Gasteiger partial charge in [0, 0.05) is 5.41 Å². The second-order valence-electron chi connectivity index (χ2n) is 15.0. The summed E-state index contributed by atoms with van der Waals surface area (Å²) in [6.45, 7) is 13.7. The number of carboxylic acids is 1. The zero-order valence-electron chi connectivity index (χ0n) is 22.7. The molecule has 4 N–H and O–H groups in total. The van der Waals surface area contributed by atoms with Gasteiger partial charge in [-0.2, -0.15) is 0 Å². The molecule has 0 amide bonds. The van der Waals surface area contributed by atoms with E-state index in [2.05, 4.69) is 47.6 Å². The topological polar surface area (TPSA) is 98.0 Å². The van der Waals surface area contributed by atoms with Crippen LogP contribution in [0, 0.1) is 50.2 Å². The van der Waals surface area contributed by atoms with Crippen molar-refractivity contribution < 1.29 is 25.2 Å². The summed E-state index contributed by atoms with van der Waals surface area (Å²) in [7, 11) is 0. The van der Waals surface area contributed by atoms with Crippen LogP contribution in [0.1, 0.15) is 99.3 Å². The number of carboxylic acid groups (broad SMARTS) is 1. The van der Waals surface area contributed by atoms with E-state index in [1.165, 1.54) is 5.57 Å². The number of aliphatic carboxylic acids is 1. The lowest BCUT2D eigenvalue weighted by Gasteiger charge is -2.71. The fraction of sp³-hybridized carbons (Fsp3) is 0.900. The maximum atomic E-state index is 12.8. The van der Waals surface area contributed by atoms with E-state index in [1.807, 2.05) is 0 Å². The van der Waals surface area contributed by atoms with Gasteiger partial charge in [-0.1, -0.05) is 53.2 Å². The van der Waals surface area contributed by atoms with Crippen LogP contribution in [-0.2, 0) is 4.79 Å². The Hall–Kier alpha value is -0.910. The fourth-order valence-electron chi connectivity index (χ4n) is 10.8. The van der Waals surface area contributed by atoms with Crippen LogP contribution in [0.5, 0.6) is 0 Å². The lowest BCUT2D eigenvalue weighted by molar-refractivity contribution is -0.226. The molecular weight excluding hydrogens is 440 g/mol. The predicted octanol–water partition coefficient (Wildman–Crippen LogP) is 5.18. The highest BCUT2D eigenvalue weighted by Gasteiger charge is 2.71. The van der Waals surface area contributed by atoms with Crippen molar-refractivity contribution in [3.8, 4) is 0 Å². The molecule has 0 aromatic carbocycles. The largest absolute Gasteiger partial charge is 0.481 e. The summed E-state index contributed by atoms with van der Waals surface area (Å²) < 4.78 is 0. The average Bonchev–Trinajstić information content (AvgIpc) is 2.76. The Balaban J connectivity index is 1.63. The van der Waals surface area contributed by atoms with E-state index in [0.29, 0.717) is 25.2 Å². The molecule has 0 aromatic heterocycles. The lowest BCUT2D eigenvalue weighted by atomic mass is 9.33. The molecule has 5 nitrogen and oxygen atoms in total. The fourth-order valence-corrected chi connectivity index (χ4v) is 10.8. The summed E-state index contributed by atoms with van der Waals surface area (Å²) >= 11 is 0. The summed E-state index contributed by atoms with van der Waals surface area (Å²) in [4.78, 5) is 12.8. The van der Waals surface area contributed by atoms with Crippen LogP contribution < -0.4 is 0 Å². The van der Waals surface area contributed by atoms with E-state index >= 15 is 0 Å². The van der Waals surface area contributed by atoms with Gasteiger partial charge in [0.05, 0.1) is 18.8 Å². The molecule has 4 fully saturated rings. The Bertz CT molecular complexity index is 941. The van der Waals surface area contributed by atoms with Crippen molar-refractivity contribution in [2.45, 2.75) is 112 Å². The summed E-state index contributed by atoms with van der Waals surface area (Å²) in [5.41, 5.74) is -0.522. The summed E-state index contributed by atoms with van der Waals surface area (Å²) in [5, 5.41) is 43.5. The molecule has 35 heavy (non-hydrogen) atoms. The van der Waals surface area contributed by atoms with Gasteiger partial charge < -0.3 is 20.4 Å². The molecule has 198 valence electrons. The first-order chi connectivity index (χ1) is 16.1. The van der Waals surface area contributed by atoms with E-state index in [9.17, 15) is 25.2 Å². The van der Waals surface area contributed by atoms with Crippen molar-refractivity contribution in [2.24, 2.45) is 50.2 Å². The first-order valence-electron chi connectivity index (χ1n) is 14.0. The molecule has 0 spiro atoms. The van der Waals surface area contributed by atoms with E-state index in [0.717, 1.165) is 38.5 Å². The van der Waals surface area contributed by atoms with E-state index < -0.39 is 29.0 Å². The van der Waals surface area contributed by atoms with Gasteiger partial charge in [0.2, 0.25) is 0 Å². The van der Waals surface area contributed by atoms with E-state index in [1.54, 1.807) is 0 Å². The number of hydrogen-bond donors (Lipinski definition) is 4. The van der Waals surface area contributed by atoms with Crippen molar-refractivity contribution in [3.05, 3.63) is 11.6 Å². The summed E-state index contributed by atoms with van der Waals surface area (Å²) in [5.74, 6) is -0.323. The summed E-state index contributed by atoms with van der Waals surface area (Å²) in [6.07, 6.45) is 8.30. The SMILES string of the molecule is CC1(C)CCC2(C(=O)O)C(O)CC3(C)C(=CCC4C5(C)CCC(O)C(C)(CO)C5CCC43C)C2C1. The lowest BCUT2D eigenvalue weighted by Crippen LogP contribution is -2.68. The number of allylic oxidation sites excluding steroid dienone is 2. The maximum Gasteiger partial charge on any atom is 0.312 e. The van der Waals surface area contributed by atoms with Crippen molar-refractivity contribution in [1.82, 2.24) is 0 Å². The van der Waals surface area contributed by atoms with Crippen LogP contribution >= 0.6 is 0 Å². The Morgan fingerprint density at radius 1 is 0.914 bits per heavy atom. The number of fused-ring (bicyclic) bond motifs is 7. The second kappa shape index (κ2) is 7.57. The van der Waals surface area contributed by atoms with Gasteiger partial charge in [0.15, 0.2) is 0 Å². The van der Waals surface area contributed by atoms with Gasteiger partial charge >= 0.3 is 5.97 Å². The standard InChI is InChI=1S/C30H48O5/c1-25(2)13-14-30(24(34)35)19(15-25)18-7-8-21-26(3)11-10-22(32)27(4,17-31)20(26)9-12-28(21,5)29(18,6)16-23(30)33/h7,19-23,31-33H,8-17H2,1-6H3,(H,34,35). The third-order valence-electron chi connectivity index (χ3n) is 13.2. The van der Waals surface area contributed by atoms with Crippen LogP contribution in [0.15, 0.2) is 11.6 Å². The maximum absolute atomic E-state index is 12.8. The first kappa shape index (κ1) is 25.7. The zero-order chi connectivity index (χ0) is 25.8. The van der Waals surface area contributed by atoms with Gasteiger partial charge in [-0.25, -0.2) is 0 Å². The molecule has 0 radical (unpaired) electrons. The van der Waals surface area contributed by atoms with Gasteiger partial charge in [-0.3, -0.25) is 4.79 Å². The highest BCUT2D eigenvalue weighted by molar-refractivity contribution is 5.77. The zero-order valence-corrected chi connectivity index (χ0v) is 22.7. The molecule has 0 bridgehead atoms. The molecule has 5 aliphatic rings. The molecule has 0 saturated heterocycles. The Kier molecular flexibility index (Phi) is 5.56. The van der Waals surface area contributed by atoms with Gasteiger partial charge in [-0.15, -0.1) is 0 Å². The molecular formula is C30H48O5. The minimum atomic E-state index is -1.07. The monoisotopic (exact) mass is 488 g/mol. The minimum Gasteiger partial charge on any atom is -0.481 e. The molecule has 0 heterocycles. The Morgan fingerprint density at radius 2 is 1.60 bits per heavy atom.